The van der Waals surface area contributed by atoms with Crippen molar-refractivity contribution in [3.05, 3.63) is 13.2 Å². The molecule has 68 valence electrons. The van der Waals surface area contributed by atoms with E-state index in [1.54, 1.807) is 0 Å². The van der Waals surface area contributed by atoms with E-state index < -0.39 is 0 Å². The molecule has 0 spiro atoms. The van der Waals surface area contributed by atoms with Gasteiger partial charge in [0, 0.05) is 0 Å². The second-order valence-corrected chi connectivity index (χ2v) is 3.24. The number of hydrogen-bond donors (Lipinski definition) is 0. The Kier molecular flexibility index (Phi) is 9.44. The minimum Gasteiger partial charge on any atom is -0.412 e. The molecule has 0 saturated heterocycles. The summed E-state index contributed by atoms with van der Waals surface area (Å²) < 4.78 is 0. The standard InChI is InChI=1S/C8H16.C2H4.H2O/c1-7-5-3-4-6-8(7)2;1-2;/h7-8H,3-6H2,1-2H3;1-2H2;1H2. The van der Waals surface area contributed by atoms with E-state index in [-0.39, 0.29) is 5.48 Å². The fourth-order valence-electron chi connectivity index (χ4n) is 1.50. The lowest BCUT2D eigenvalue weighted by Gasteiger charge is -2.24. The number of rotatable bonds is 0. The molecule has 2 atom stereocenters. The molecule has 1 saturated carbocycles. The van der Waals surface area contributed by atoms with E-state index in [0.717, 1.165) is 11.8 Å². The minimum atomic E-state index is 0. The Bertz CT molecular complexity index is 70.9. The summed E-state index contributed by atoms with van der Waals surface area (Å²) in [6, 6.07) is 0. The molecule has 2 N–H and O–H groups in total. The first kappa shape index (κ1) is 13.3. The van der Waals surface area contributed by atoms with Crippen molar-refractivity contribution in [3.63, 3.8) is 0 Å². The molecule has 0 amide bonds. The predicted octanol–water partition coefficient (Wildman–Crippen LogP) is 2.81. The molecule has 1 fully saturated rings. The van der Waals surface area contributed by atoms with Gasteiger partial charge in [-0.05, 0) is 11.8 Å². The van der Waals surface area contributed by atoms with Crippen molar-refractivity contribution in [2.24, 2.45) is 11.8 Å². The lowest BCUT2D eigenvalue weighted by atomic mass is 9.82. The SMILES string of the molecule is C=C.CC1CCCCC1C.O. The highest BCUT2D eigenvalue weighted by atomic mass is 16.0. The van der Waals surface area contributed by atoms with E-state index in [1.165, 1.54) is 25.7 Å². The molecule has 2 unspecified atom stereocenters. The van der Waals surface area contributed by atoms with Crippen LogP contribution >= 0.6 is 0 Å². The van der Waals surface area contributed by atoms with Crippen LogP contribution in [0.2, 0.25) is 0 Å². The quantitative estimate of drug-likeness (QED) is 0.485. The monoisotopic (exact) mass is 158 g/mol. The largest absolute Gasteiger partial charge is 0.412 e. The summed E-state index contributed by atoms with van der Waals surface area (Å²) in [6.07, 6.45) is 5.90. The molecule has 1 aliphatic rings. The molecule has 1 nitrogen and oxygen atoms in total. The zero-order valence-corrected chi connectivity index (χ0v) is 7.90. The van der Waals surface area contributed by atoms with Crippen LogP contribution in [0.3, 0.4) is 0 Å². The Morgan fingerprint density at radius 1 is 0.909 bits per heavy atom. The maximum Gasteiger partial charge on any atom is -0.0417 e. The van der Waals surface area contributed by atoms with Crippen molar-refractivity contribution in [3.8, 4) is 0 Å². The van der Waals surface area contributed by atoms with Crippen molar-refractivity contribution in [2.45, 2.75) is 39.5 Å². The molecular formula is C10H22O. The highest BCUT2D eigenvalue weighted by Crippen LogP contribution is 2.28. The molecular weight excluding hydrogens is 136 g/mol. The highest BCUT2D eigenvalue weighted by molar-refractivity contribution is 4.67. The Labute approximate surface area is 70.8 Å². The summed E-state index contributed by atoms with van der Waals surface area (Å²) in [5, 5.41) is 0. The number of hydrogen-bond acceptors (Lipinski definition) is 0. The highest BCUT2D eigenvalue weighted by Gasteiger charge is 2.15. The minimum absolute atomic E-state index is 0. The smallest absolute Gasteiger partial charge is 0.0417 e. The van der Waals surface area contributed by atoms with E-state index in [9.17, 15) is 0 Å². The van der Waals surface area contributed by atoms with Crippen LogP contribution in [0.5, 0.6) is 0 Å². The van der Waals surface area contributed by atoms with Gasteiger partial charge >= 0.3 is 0 Å². The second kappa shape index (κ2) is 7.80. The van der Waals surface area contributed by atoms with E-state index in [0.29, 0.717) is 0 Å². The average molecular weight is 158 g/mol. The van der Waals surface area contributed by atoms with Crippen molar-refractivity contribution in [1.82, 2.24) is 0 Å². The fraction of sp³-hybridized carbons (Fsp3) is 0.800. The first-order valence-corrected chi connectivity index (χ1v) is 4.30. The first-order valence-electron chi connectivity index (χ1n) is 4.30. The van der Waals surface area contributed by atoms with Gasteiger partial charge in [-0.1, -0.05) is 39.5 Å². The van der Waals surface area contributed by atoms with Crippen molar-refractivity contribution in [1.29, 1.82) is 0 Å². The molecule has 11 heavy (non-hydrogen) atoms. The van der Waals surface area contributed by atoms with Crippen molar-refractivity contribution in [2.75, 3.05) is 0 Å². The van der Waals surface area contributed by atoms with E-state index in [1.807, 2.05) is 0 Å². The molecule has 0 aromatic heterocycles. The van der Waals surface area contributed by atoms with Crippen LogP contribution in [0.1, 0.15) is 39.5 Å². The molecule has 0 aliphatic heterocycles. The predicted molar refractivity (Wildman–Crippen MR) is 51.7 cm³/mol. The van der Waals surface area contributed by atoms with Crippen LogP contribution in [0.15, 0.2) is 13.2 Å². The van der Waals surface area contributed by atoms with Crippen LogP contribution in [-0.4, -0.2) is 5.48 Å². The van der Waals surface area contributed by atoms with Gasteiger partial charge in [-0.3, -0.25) is 0 Å². The van der Waals surface area contributed by atoms with Gasteiger partial charge in [0.2, 0.25) is 0 Å². The topological polar surface area (TPSA) is 31.5 Å². The molecule has 0 radical (unpaired) electrons. The maximum atomic E-state index is 3.00. The summed E-state index contributed by atoms with van der Waals surface area (Å²) in [5.41, 5.74) is 0. The summed E-state index contributed by atoms with van der Waals surface area (Å²) in [5.74, 6) is 2.01. The van der Waals surface area contributed by atoms with E-state index >= 15 is 0 Å². The van der Waals surface area contributed by atoms with Crippen LogP contribution < -0.4 is 0 Å². The van der Waals surface area contributed by atoms with Gasteiger partial charge in [0.25, 0.3) is 0 Å². The van der Waals surface area contributed by atoms with E-state index in [4.69, 9.17) is 0 Å². The maximum absolute atomic E-state index is 3.00. The third kappa shape index (κ3) is 5.02. The van der Waals surface area contributed by atoms with Crippen LogP contribution in [0.25, 0.3) is 0 Å². The third-order valence-electron chi connectivity index (χ3n) is 2.54. The molecule has 1 rings (SSSR count). The summed E-state index contributed by atoms with van der Waals surface area (Å²) in [4.78, 5) is 0. The van der Waals surface area contributed by atoms with Crippen molar-refractivity contribution < 1.29 is 5.48 Å². The molecule has 0 heterocycles. The zero-order valence-electron chi connectivity index (χ0n) is 7.90. The normalized spacial score (nSPS) is 29.3. The molecule has 1 heteroatoms. The van der Waals surface area contributed by atoms with Gasteiger partial charge in [-0.15, -0.1) is 13.2 Å². The van der Waals surface area contributed by atoms with Gasteiger partial charge in [-0.25, -0.2) is 0 Å². The second-order valence-electron chi connectivity index (χ2n) is 3.24. The van der Waals surface area contributed by atoms with Crippen molar-refractivity contribution >= 4 is 0 Å². The molecule has 0 bridgehead atoms. The van der Waals surface area contributed by atoms with Gasteiger partial charge in [-0.2, -0.15) is 0 Å². The van der Waals surface area contributed by atoms with Gasteiger partial charge in [0.15, 0.2) is 0 Å². The summed E-state index contributed by atoms with van der Waals surface area (Å²) in [6.45, 7) is 10.8. The Balaban J connectivity index is 0. The lowest BCUT2D eigenvalue weighted by molar-refractivity contribution is 0.277. The first-order chi connectivity index (χ1) is 4.80. The Hall–Kier alpha value is -0.300. The molecule has 1 aliphatic carbocycles. The van der Waals surface area contributed by atoms with Crippen LogP contribution in [0, 0.1) is 11.8 Å². The lowest BCUT2D eigenvalue weighted by Crippen LogP contribution is -2.12. The van der Waals surface area contributed by atoms with Gasteiger partial charge in [0.05, 0.1) is 0 Å². The van der Waals surface area contributed by atoms with Crippen LogP contribution in [-0.2, 0) is 0 Å². The fourth-order valence-corrected chi connectivity index (χ4v) is 1.50. The summed E-state index contributed by atoms with van der Waals surface area (Å²) >= 11 is 0. The Morgan fingerprint density at radius 2 is 1.18 bits per heavy atom. The third-order valence-corrected chi connectivity index (χ3v) is 2.54. The zero-order chi connectivity index (χ0) is 7.98. The Morgan fingerprint density at radius 3 is 1.36 bits per heavy atom. The van der Waals surface area contributed by atoms with Gasteiger partial charge < -0.3 is 5.48 Å². The van der Waals surface area contributed by atoms with Crippen LogP contribution in [0.4, 0.5) is 0 Å². The molecule has 0 aromatic carbocycles. The van der Waals surface area contributed by atoms with Gasteiger partial charge in [0.1, 0.15) is 0 Å². The van der Waals surface area contributed by atoms with E-state index in [2.05, 4.69) is 27.0 Å². The average Bonchev–Trinajstić information content (AvgIpc) is 2.00. The molecule has 0 aromatic rings. The summed E-state index contributed by atoms with van der Waals surface area (Å²) in [7, 11) is 0.